The summed E-state index contributed by atoms with van der Waals surface area (Å²) in [7, 11) is 0. The second kappa shape index (κ2) is 529. The van der Waals surface area contributed by atoms with Crippen LogP contribution in [0.4, 0.5) is 0 Å². The molecule has 0 saturated carbocycles. The molecule has 7 heavy (non-hydrogen) atoms. The van der Waals surface area contributed by atoms with Gasteiger partial charge in [0.25, 0.3) is 0 Å². The molecule has 0 radical (unpaired) electrons. The van der Waals surface area contributed by atoms with E-state index in [1.807, 2.05) is 0 Å². The van der Waals surface area contributed by atoms with E-state index in [2.05, 4.69) is 0 Å². The van der Waals surface area contributed by atoms with Gasteiger partial charge in [0.05, 0.1) is 0 Å². The van der Waals surface area contributed by atoms with E-state index in [0.29, 0.717) is 0 Å². The Morgan fingerprint density at radius 3 is 0.429 bits per heavy atom. The first kappa shape index (κ1) is 845. The third-order valence-corrected chi connectivity index (χ3v) is 0. The van der Waals surface area contributed by atoms with Crippen molar-refractivity contribution in [3.05, 3.63) is 0 Å². The molecular weight excluding hydrogens is 211 g/mol. The third-order valence-electron chi connectivity index (χ3n) is 0. The maximum Gasteiger partial charge on any atom is 3.00 e. The van der Waals surface area contributed by atoms with E-state index < -0.39 is 0 Å². The van der Waals surface area contributed by atoms with Gasteiger partial charge in [-0.1, -0.05) is 0 Å². The monoisotopic (exact) mass is 220 g/mol. The van der Waals surface area contributed by atoms with E-state index in [9.17, 15) is 0 Å². The van der Waals surface area contributed by atoms with Gasteiger partial charge in [-0.15, -0.1) is 0 Å². The van der Waals surface area contributed by atoms with Crippen LogP contribution in [0.1, 0.15) is 0 Å². The van der Waals surface area contributed by atoms with Crippen molar-refractivity contribution in [3.63, 3.8) is 0 Å². The summed E-state index contributed by atoms with van der Waals surface area (Å²) in [5.74, 6) is 0. The molecule has 0 amide bonds. The van der Waals surface area contributed by atoms with Gasteiger partial charge in [-0.2, -0.15) is 0 Å². The first-order chi connectivity index (χ1) is 0. The molecule has 0 aliphatic heterocycles. The van der Waals surface area contributed by atoms with Crippen molar-refractivity contribution in [2.45, 2.75) is 0 Å². The molecule has 0 saturated heterocycles. The minimum absolute atomic E-state index is 0. The Morgan fingerprint density at radius 2 is 0.429 bits per heavy atom. The summed E-state index contributed by atoms with van der Waals surface area (Å²) in [5.41, 5.74) is 0. The molecule has 48 valence electrons. The zero-order valence-electron chi connectivity index (χ0n) is 3.42. The van der Waals surface area contributed by atoms with Crippen LogP contribution in [0.25, 0.3) is 0 Å². The molecule has 0 aromatic heterocycles. The Morgan fingerprint density at radius 1 is 0.429 bits per heavy atom. The van der Waals surface area contributed by atoms with Crippen LogP contribution < -0.4 is 0 Å². The van der Waals surface area contributed by atoms with Crippen LogP contribution in [0.15, 0.2) is 0 Å². The fourth-order valence-corrected chi connectivity index (χ4v) is 0. The summed E-state index contributed by atoms with van der Waals surface area (Å²) in [6.07, 6.45) is 0. The zero-order chi connectivity index (χ0) is 0. The van der Waals surface area contributed by atoms with E-state index in [4.69, 9.17) is 0 Å². The van der Waals surface area contributed by atoms with Crippen LogP contribution in [-0.4, -0.2) is 58.7 Å². The fraction of sp³-hybridized carbons (Fsp3) is 0. The van der Waals surface area contributed by atoms with Gasteiger partial charge in [0, 0.05) is 0 Å². The predicted octanol–water partition coefficient (Wildman–Crippen LogP) is -3.39. The Bertz CT molecular complexity index is 4.14. The largest absolute Gasteiger partial charge is 3.00 e. The molecule has 0 aromatic carbocycles. The average Bonchev–Trinajstić information content (AvgIpc) is 0. The summed E-state index contributed by atoms with van der Waals surface area (Å²) >= 11 is 0. The van der Waals surface area contributed by atoms with Crippen molar-refractivity contribution >= 4 is 25.8 Å². The summed E-state index contributed by atoms with van der Waals surface area (Å²) in [6.45, 7) is 0. The van der Waals surface area contributed by atoms with E-state index in [-0.39, 0.29) is 58.7 Å². The van der Waals surface area contributed by atoms with Crippen LogP contribution >= 0.6 is 0 Å². The molecule has 0 bridgehead atoms. The predicted molar refractivity (Wildman–Crippen MR) is 22.4 cm³/mol. The number of hydrogen-bond acceptors (Lipinski definition) is 3. The third kappa shape index (κ3) is 358. The summed E-state index contributed by atoms with van der Waals surface area (Å²) in [5, 5.41) is 0. The normalized spacial score (nSPS) is 0. The molecule has 0 aliphatic carbocycles. The SMILES string of the molecule is O.O.O.[In+3].[OH-].[OH-].[OH-]. The van der Waals surface area contributed by atoms with Crippen molar-refractivity contribution < 1.29 is 32.9 Å². The Kier molecular flexibility index (Phi) is 63900. The minimum atomic E-state index is 0. The topological polar surface area (TPSA) is 184 Å². The summed E-state index contributed by atoms with van der Waals surface area (Å²) in [6, 6.07) is 0. The van der Waals surface area contributed by atoms with Gasteiger partial charge >= 0.3 is 25.8 Å². The van der Waals surface area contributed by atoms with Crippen LogP contribution in [0.3, 0.4) is 0 Å². The summed E-state index contributed by atoms with van der Waals surface area (Å²) < 4.78 is 0. The van der Waals surface area contributed by atoms with Crippen LogP contribution in [0.2, 0.25) is 0 Å². The quantitative estimate of drug-likeness (QED) is 0.412. The van der Waals surface area contributed by atoms with Crippen LogP contribution in [0, 0.1) is 0 Å². The van der Waals surface area contributed by atoms with Gasteiger partial charge in [-0.3, -0.25) is 0 Å². The summed E-state index contributed by atoms with van der Waals surface area (Å²) in [4.78, 5) is 0. The molecule has 0 aliphatic rings. The van der Waals surface area contributed by atoms with Crippen LogP contribution in [-0.2, 0) is 0 Å². The van der Waals surface area contributed by atoms with Gasteiger partial charge in [0.15, 0.2) is 0 Å². The molecular formula is H9InO6. The molecule has 0 aromatic rings. The van der Waals surface area contributed by atoms with E-state index in [1.54, 1.807) is 0 Å². The van der Waals surface area contributed by atoms with Crippen molar-refractivity contribution in [3.8, 4) is 0 Å². The smallest absolute Gasteiger partial charge is 0.870 e. The molecule has 9 N–H and O–H groups in total. The van der Waals surface area contributed by atoms with E-state index >= 15 is 0 Å². The van der Waals surface area contributed by atoms with Crippen molar-refractivity contribution in [1.82, 2.24) is 0 Å². The number of hydrogen-bond donors (Lipinski definition) is 0. The van der Waals surface area contributed by atoms with Gasteiger partial charge in [0.2, 0.25) is 0 Å². The first-order valence-corrected chi connectivity index (χ1v) is 0. The molecule has 0 fully saturated rings. The maximum absolute atomic E-state index is 0. The van der Waals surface area contributed by atoms with Crippen molar-refractivity contribution in [2.75, 3.05) is 0 Å². The van der Waals surface area contributed by atoms with Gasteiger partial charge in [-0.25, -0.2) is 0 Å². The Hall–Kier alpha value is 0.630. The molecule has 0 unspecified atom stereocenters. The van der Waals surface area contributed by atoms with Crippen molar-refractivity contribution in [2.24, 2.45) is 0 Å². The molecule has 0 rings (SSSR count). The van der Waals surface area contributed by atoms with E-state index in [1.165, 1.54) is 0 Å². The average molecular weight is 220 g/mol. The molecule has 0 atom stereocenters. The van der Waals surface area contributed by atoms with Gasteiger partial charge in [-0.05, 0) is 0 Å². The van der Waals surface area contributed by atoms with Gasteiger partial charge < -0.3 is 32.9 Å². The van der Waals surface area contributed by atoms with Crippen molar-refractivity contribution in [1.29, 1.82) is 0 Å². The molecule has 0 spiro atoms. The zero-order valence-corrected chi connectivity index (χ0v) is 6.71. The maximum atomic E-state index is 0. The molecule has 7 heteroatoms. The molecule has 6 nitrogen and oxygen atoms in total. The first-order valence-electron chi connectivity index (χ1n) is 0. The Balaban J connectivity index is 0. The second-order valence-corrected chi connectivity index (χ2v) is 0. The van der Waals surface area contributed by atoms with Crippen LogP contribution in [0.5, 0.6) is 0 Å². The number of rotatable bonds is 0. The van der Waals surface area contributed by atoms with Gasteiger partial charge in [0.1, 0.15) is 0 Å². The fourth-order valence-electron chi connectivity index (χ4n) is 0. The minimum Gasteiger partial charge on any atom is -0.870 e. The van der Waals surface area contributed by atoms with E-state index in [0.717, 1.165) is 0 Å². The molecule has 0 heterocycles. The standard InChI is InChI=1S/In.6H2O/h;6*1H2/q+3;;;;;;/p-3. The Labute approximate surface area is 59.2 Å². The second-order valence-electron chi connectivity index (χ2n) is 0.